The van der Waals surface area contributed by atoms with E-state index in [1.54, 1.807) is 12.4 Å². The van der Waals surface area contributed by atoms with Crippen LogP contribution in [0, 0.1) is 6.92 Å². The number of amides is 2. The molecule has 0 radical (unpaired) electrons. The highest BCUT2D eigenvalue weighted by molar-refractivity contribution is 5.92. The van der Waals surface area contributed by atoms with E-state index in [1.165, 1.54) is 0 Å². The van der Waals surface area contributed by atoms with Crippen LogP contribution in [0.2, 0.25) is 0 Å². The number of fused-ring (bicyclic) bond motifs is 1. The summed E-state index contributed by atoms with van der Waals surface area (Å²) in [5.41, 5.74) is 0.840. The van der Waals surface area contributed by atoms with Gasteiger partial charge in [0.1, 0.15) is 5.69 Å². The van der Waals surface area contributed by atoms with Crippen molar-refractivity contribution >= 4 is 11.8 Å². The van der Waals surface area contributed by atoms with Crippen molar-refractivity contribution < 1.29 is 9.59 Å². The summed E-state index contributed by atoms with van der Waals surface area (Å²) >= 11 is 0. The molecule has 1 aromatic heterocycles. The van der Waals surface area contributed by atoms with E-state index in [0.29, 0.717) is 18.7 Å². The molecular formula is C16H22N4O2. The van der Waals surface area contributed by atoms with Crippen LogP contribution in [0.5, 0.6) is 0 Å². The lowest BCUT2D eigenvalue weighted by molar-refractivity contribution is -0.123. The molecule has 6 nitrogen and oxygen atoms in total. The maximum absolute atomic E-state index is 12.8. The topological polar surface area (TPSA) is 75.2 Å². The van der Waals surface area contributed by atoms with Crippen LogP contribution >= 0.6 is 0 Å². The summed E-state index contributed by atoms with van der Waals surface area (Å²) in [6, 6.07) is 0.0308. The van der Waals surface area contributed by atoms with E-state index >= 15 is 0 Å². The fourth-order valence-corrected chi connectivity index (χ4v) is 3.63. The van der Waals surface area contributed by atoms with E-state index < -0.39 is 0 Å². The zero-order chi connectivity index (χ0) is 15.7. The smallest absolute Gasteiger partial charge is 0.274 e. The second-order valence-electron chi connectivity index (χ2n) is 6.52. The van der Waals surface area contributed by atoms with Crippen LogP contribution in [-0.2, 0) is 4.79 Å². The summed E-state index contributed by atoms with van der Waals surface area (Å²) in [6.45, 7) is 4.62. The standard InChI is InChI=1S/C16H22N4O2/c1-11-9-18-12(10-17-11)15(22)20-8-4-7-16(2)13(20)5-3-6-14(21)19-16/h9-10,13H,3-8H2,1-2H3,(H,19,21)/t13-,16-/m0/s1. The van der Waals surface area contributed by atoms with Gasteiger partial charge in [-0.3, -0.25) is 14.6 Å². The van der Waals surface area contributed by atoms with Gasteiger partial charge in [-0.15, -0.1) is 0 Å². The molecule has 2 fully saturated rings. The lowest BCUT2D eigenvalue weighted by atomic mass is 9.81. The largest absolute Gasteiger partial charge is 0.349 e. The van der Waals surface area contributed by atoms with Crippen LogP contribution in [-0.4, -0.2) is 44.8 Å². The molecule has 2 aliphatic rings. The first-order valence-electron chi connectivity index (χ1n) is 7.90. The van der Waals surface area contributed by atoms with E-state index in [4.69, 9.17) is 0 Å². The molecular weight excluding hydrogens is 280 g/mol. The number of piperidine rings is 1. The average molecular weight is 302 g/mol. The maximum Gasteiger partial charge on any atom is 0.274 e. The molecule has 0 bridgehead atoms. The normalized spacial score (nSPS) is 28.5. The van der Waals surface area contributed by atoms with Crippen LogP contribution in [0.4, 0.5) is 0 Å². The lowest BCUT2D eigenvalue weighted by Gasteiger charge is -2.47. The third-order valence-corrected chi connectivity index (χ3v) is 4.77. The molecule has 3 rings (SSSR count). The Morgan fingerprint density at radius 3 is 2.91 bits per heavy atom. The van der Waals surface area contributed by atoms with Crippen molar-refractivity contribution in [1.82, 2.24) is 20.2 Å². The molecule has 0 spiro atoms. The van der Waals surface area contributed by atoms with Crippen molar-refractivity contribution in [3.05, 3.63) is 23.8 Å². The molecule has 0 saturated carbocycles. The van der Waals surface area contributed by atoms with Crippen LogP contribution in [0.1, 0.15) is 55.2 Å². The molecule has 0 unspecified atom stereocenters. The third kappa shape index (κ3) is 2.69. The Morgan fingerprint density at radius 2 is 2.18 bits per heavy atom. The van der Waals surface area contributed by atoms with E-state index in [1.807, 2.05) is 11.8 Å². The number of aromatic nitrogens is 2. The van der Waals surface area contributed by atoms with Gasteiger partial charge in [-0.05, 0) is 39.5 Å². The molecule has 0 aromatic carbocycles. The number of aryl methyl sites for hydroxylation is 1. The van der Waals surface area contributed by atoms with Crippen molar-refractivity contribution in [2.75, 3.05) is 6.54 Å². The van der Waals surface area contributed by atoms with Gasteiger partial charge in [0.25, 0.3) is 5.91 Å². The van der Waals surface area contributed by atoms with Crippen molar-refractivity contribution in [3.63, 3.8) is 0 Å². The summed E-state index contributed by atoms with van der Waals surface area (Å²) < 4.78 is 0. The highest BCUT2D eigenvalue weighted by Gasteiger charge is 2.45. The zero-order valence-corrected chi connectivity index (χ0v) is 13.1. The minimum absolute atomic E-state index is 0.0308. The monoisotopic (exact) mass is 302 g/mol. The molecule has 22 heavy (non-hydrogen) atoms. The number of likely N-dealkylation sites (tertiary alicyclic amines) is 1. The van der Waals surface area contributed by atoms with Gasteiger partial charge < -0.3 is 10.2 Å². The third-order valence-electron chi connectivity index (χ3n) is 4.77. The second-order valence-corrected chi connectivity index (χ2v) is 6.52. The molecule has 118 valence electrons. The molecule has 1 N–H and O–H groups in total. The van der Waals surface area contributed by atoms with Gasteiger partial charge in [-0.25, -0.2) is 4.98 Å². The van der Waals surface area contributed by atoms with Crippen LogP contribution in [0.25, 0.3) is 0 Å². The first kappa shape index (κ1) is 14.9. The van der Waals surface area contributed by atoms with E-state index in [-0.39, 0.29) is 23.4 Å². The first-order chi connectivity index (χ1) is 10.5. The molecule has 2 aliphatic heterocycles. The number of nitrogens with zero attached hydrogens (tertiary/aromatic N) is 3. The quantitative estimate of drug-likeness (QED) is 0.852. The van der Waals surface area contributed by atoms with Crippen molar-refractivity contribution in [1.29, 1.82) is 0 Å². The molecule has 2 saturated heterocycles. The van der Waals surface area contributed by atoms with Crippen LogP contribution in [0.15, 0.2) is 12.4 Å². The van der Waals surface area contributed by atoms with Crippen molar-refractivity contribution in [2.45, 2.75) is 57.5 Å². The van der Waals surface area contributed by atoms with Crippen molar-refractivity contribution in [3.8, 4) is 0 Å². The number of carbonyl (C=O) groups excluding carboxylic acids is 2. The van der Waals surface area contributed by atoms with Gasteiger partial charge in [0.2, 0.25) is 5.91 Å². The van der Waals surface area contributed by atoms with E-state index in [9.17, 15) is 9.59 Å². The first-order valence-corrected chi connectivity index (χ1v) is 7.90. The maximum atomic E-state index is 12.8. The Hall–Kier alpha value is -1.98. The number of hydrogen-bond acceptors (Lipinski definition) is 4. The van der Waals surface area contributed by atoms with Gasteiger partial charge in [-0.2, -0.15) is 0 Å². The lowest BCUT2D eigenvalue weighted by Crippen LogP contribution is -2.63. The Balaban J connectivity index is 1.87. The predicted octanol–water partition coefficient (Wildman–Crippen LogP) is 1.45. The average Bonchev–Trinajstić information content (AvgIpc) is 2.64. The molecule has 2 amide bonds. The molecule has 2 atom stereocenters. The highest BCUT2D eigenvalue weighted by atomic mass is 16.2. The minimum atomic E-state index is -0.334. The Kier molecular flexibility index (Phi) is 3.85. The Morgan fingerprint density at radius 1 is 1.36 bits per heavy atom. The van der Waals surface area contributed by atoms with Gasteiger partial charge in [-0.1, -0.05) is 0 Å². The zero-order valence-electron chi connectivity index (χ0n) is 13.1. The molecule has 1 aromatic rings. The SMILES string of the molecule is Cc1cnc(C(=O)N2CCC[C@]3(C)NC(=O)CCC[C@H]23)cn1. The summed E-state index contributed by atoms with van der Waals surface area (Å²) in [7, 11) is 0. The second kappa shape index (κ2) is 5.66. The number of nitrogens with one attached hydrogen (secondary N) is 1. The molecule has 3 heterocycles. The summed E-state index contributed by atoms with van der Waals surface area (Å²) in [5, 5.41) is 3.13. The Bertz CT molecular complexity index is 586. The predicted molar refractivity (Wildman–Crippen MR) is 81.2 cm³/mol. The van der Waals surface area contributed by atoms with Gasteiger partial charge >= 0.3 is 0 Å². The summed E-state index contributed by atoms with van der Waals surface area (Å²) in [6.07, 6.45) is 7.16. The minimum Gasteiger partial charge on any atom is -0.349 e. The number of carbonyl (C=O) groups is 2. The van der Waals surface area contributed by atoms with E-state index in [0.717, 1.165) is 31.4 Å². The number of hydrogen-bond donors (Lipinski definition) is 1. The summed E-state index contributed by atoms with van der Waals surface area (Å²) in [4.78, 5) is 35.0. The van der Waals surface area contributed by atoms with Crippen molar-refractivity contribution in [2.24, 2.45) is 0 Å². The molecule has 6 heteroatoms. The van der Waals surface area contributed by atoms with Gasteiger partial charge in [0.05, 0.1) is 23.5 Å². The Labute approximate surface area is 130 Å². The van der Waals surface area contributed by atoms with Gasteiger partial charge in [0, 0.05) is 19.2 Å². The van der Waals surface area contributed by atoms with Gasteiger partial charge in [0.15, 0.2) is 0 Å². The molecule has 0 aliphatic carbocycles. The summed E-state index contributed by atoms with van der Waals surface area (Å²) in [5.74, 6) is 0.00833. The number of rotatable bonds is 1. The highest BCUT2D eigenvalue weighted by Crippen LogP contribution is 2.33. The van der Waals surface area contributed by atoms with Crippen LogP contribution in [0.3, 0.4) is 0 Å². The van der Waals surface area contributed by atoms with E-state index in [2.05, 4.69) is 22.2 Å². The van der Waals surface area contributed by atoms with Crippen LogP contribution < -0.4 is 5.32 Å². The fraction of sp³-hybridized carbons (Fsp3) is 0.625. The fourth-order valence-electron chi connectivity index (χ4n) is 3.63.